The van der Waals surface area contributed by atoms with E-state index in [-0.39, 0.29) is 5.88 Å². The highest BCUT2D eigenvalue weighted by Gasteiger charge is 2.15. The quantitative estimate of drug-likeness (QED) is 0.777. The minimum absolute atomic E-state index is 0.202. The molecule has 0 spiro atoms. The van der Waals surface area contributed by atoms with Crippen LogP contribution >= 0.6 is 0 Å². The van der Waals surface area contributed by atoms with Crippen molar-refractivity contribution in [2.75, 3.05) is 0 Å². The maximum Gasteiger partial charge on any atom is 0.512 e. The topological polar surface area (TPSA) is 64.4 Å². The summed E-state index contributed by atoms with van der Waals surface area (Å²) in [6.45, 7) is 6.71. The monoisotopic (exact) mass is 212 g/mol. The van der Waals surface area contributed by atoms with Gasteiger partial charge >= 0.3 is 6.16 Å². The van der Waals surface area contributed by atoms with Gasteiger partial charge in [-0.25, -0.2) is 4.79 Å². The van der Waals surface area contributed by atoms with Crippen molar-refractivity contribution in [3.05, 3.63) is 11.5 Å². The van der Waals surface area contributed by atoms with Crippen LogP contribution in [0.5, 0.6) is 5.88 Å². The van der Waals surface area contributed by atoms with Gasteiger partial charge in [0.05, 0.1) is 5.69 Å². The molecule has 0 atom stereocenters. The SMILES string of the molecule is CCCn1c(CC)nc(OC(=O)O)c1C. The van der Waals surface area contributed by atoms with E-state index in [4.69, 9.17) is 5.11 Å². The normalized spacial score (nSPS) is 10.3. The zero-order chi connectivity index (χ0) is 11.4. The number of nitrogens with zero attached hydrogens (tertiary/aromatic N) is 2. The number of carboxylic acid groups (broad SMARTS) is 1. The summed E-state index contributed by atoms with van der Waals surface area (Å²) < 4.78 is 6.60. The van der Waals surface area contributed by atoms with Crippen molar-refractivity contribution in [1.29, 1.82) is 0 Å². The van der Waals surface area contributed by atoms with E-state index in [1.807, 2.05) is 18.4 Å². The van der Waals surface area contributed by atoms with Gasteiger partial charge in [-0.15, -0.1) is 0 Å². The zero-order valence-corrected chi connectivity index (χ0v) is 9.28. The number of aromatic nitrogens is 2. The second-order valence-electron chi connectivity index (χ2n) is 3.29. The van der Waals surface area contributed by atoms with E-state index in [2.05, 4.69) is 16.6 Å². The standard InChI is InChI=1S/C10H16N2O3/c1-4-6-12-7(3)9(15-10(13)14)11-8(12)5-2/h4-6H2,1-3H3,(H,13,14). The van der Waals surface area contributed by atoms with Crippen molar-refractivity contribution in [2.45, 2.75) is 40.2 Å². The highest BCUT2D eigenvalue weighted by atomic mass is 16.7. The van der Waals surface area contributed by atoms with Crippen molar-refractivity contribution in [1.82, 2.24) is 9.55 Å². The lowest BCUT2D eigenvalue weighted by atomic mass is 10.4. The number of aryl methyl sites for hydroxylation is 1. The first-order chi connectivity index (χ1) is 7.10. The molecule has 0 radical (unpaired) electrons. The van der Waals surface area contributed by atoms with Gasteiger partial charge < -0.3 is 14.4 Å². The summed E-state index contributed by atoms with van der Waals surface area (Å²) in [5, 5.41) is 8.52. The number of carbonyl (C=O) groups is 1. The van der Waals surface area contributed by atoms with Crippen LogP contribution in [0.4, 0.5) is 4.79 Å². The van der Waals surface area contributed by atoms with E-state index < -0.39 is 6.16 Å². The third-order valence-corrected chi connectivity index (χ3v) is 2.20. The molecule has 0 saturated heterocycles. The molecule has 0 bridgehead atoms. The van der Waals surface area contributed by atoms with Gasteiger partial charge in [0.1, 0.15) is 5.82 Å². The number of imidazole rings is 1. The van der Waals surface area contributed by atoms with E-state index in [1.54, 1.807) is 0 Å². The average Bonchev–Trinajstić information content (AvgIpc) is 2.46. The number of ether oxygens (including phenoxy) is 1. The highest BCUT2D eigenvalue weighted by Crippen LogP contribution is 2.19. The Kier molecular flexibility index (Phi) is 3.71. The van der Waals surface area contributed by atoms with Crippen molar-refractivity contribution in [3.8, 4) is 5.88 Å². The summed E-state index contributed by atoms with van der Waals surface area (Å²) in [5.41, 5.74) is 0.774. The van der Waals surface area contributed by atoms with E-state index in [0.717, 1.165) is 30.9 Å². The van der Waals surface area contributed by atoms with E-state index >= 15 is 0 Å². The second-order valence-corrected chi connectivity index (χ2v) is 3.29. The Balaban J connectivity index is 3.03. The number of rotatable bonds is 4. The van der Waals surface area contributed by atoms with Crippen LogP contribution in [-0.2, 0) is 13.0 Å². The van der Waals surface area contributed by atoms with Crippen LogP contribution in [0.15, 0.2) is 0 Å². The largest absolute Gasteiger partial charge is 0.512 e. The van der Waals surface area contributed by atoms with Gasteiger partial charge in [0.2, 0.25) is 5.88 Å². The molecule has 1 aromatic rings. The Morgan fingerprint density at radius 1 is 1.53 bits per heavy atom. The highest BCUT2D eigenvalue weighted by molar-refractivity contribution is 5.60. The molecule has 5 heteroatoms. The smallest absolute Gasteiger partial charge is 0.449 e. The molecule has 1 rings (SSSR count). The molecule has 15 heavy (non-hydrogen) atoms. The Labute approximate surface area is 88.7 Å². The van der Waals surface area contributed by atoms with Gasteiger partial charge in [-0.1, -0.05) is 13.8 Å². The maximum absolute atomic E-state index is 10.4. The predicted molar refractivity (Wildman–Crippen MR) is 55.3 cm³/mol. The van der Waals surface area contributed by atoms with E-state index in [1.165, 1.54) is 0 Å². The minimum Gasteiger partial charge on any atom is -0.449 e. The van der Waals surface area contributed by atoms with Crippen LogP contribution in [0.25, 0.3) is 0 Å². The predicted octanol–water partition coefficient (Wildman–Crippen LogP) is 2.22. The van der Waals surface area contributed by atoms with Gasteiger partial charge in [-0.05, 0) is 13.3 Å². The summed E-state index contributed by atoms with van der Waals surface area (Å²) in [5.74, 6) is 1.07. The average molecular weight is 212 g/mol. The molecule has 1 N–H and O–H groups in total. The van der Waals surface area contributed by atoms with Crippen LogP contribution in [0.3, 0.4) is 0 Å². The van der Waals surface area contributed by atoms with Gasteiger partial charge in [-0.2, -0.15) is 4.98 Å². The summed E-state index contributed by atoms with van der Waals surface area (Å²) in [6.07, 6.45) is 0.433. The summed E-state index contributed by atoms with van der Waals surface area (Å²) in [7, 11) is 0. The molecule has 0 amide bonds. The molecular formula is C10H16N2O3. The van der Waals surface area contributed by atoms with Crippen LogP contribution in [0, 0.1) is 6.92 Å². The molecule has 0 aliphatic rings. The molecule has 0 aliphatic heterocycles. The molecule has 5 nitrogen and oxygen atoms in total. The fourth-order valence-corrected chi connectivity index (χ4v) is 1.54. The van der Waals surface area contributed by atoms with Gasteiger partial charge in [0, 0.05) is 13.0 Å². The lowest BCUT2D eigenvalue weighted by Gasteiger charge is -2.05. The molecular weight excluding hydrogens is 196 g/mol. The van der Waals surface area contributed by atoms with Gasteiger partial charge in [0.15, 0.2) is 0 Å². The Morgan fingerprint density at radius 3 is 2.67 bits per heavy atom. The Bertz CT molecular complexity index is 358. The van der Waals surface area contributed by atoms with Gasteiger partial charge in [0.25, 0.3) is 0 Å². The molecule has 0 aliphatic carbocycles. The third-order valence-electron chi connectivity index (χ3n) is 2.20. The molecule has 0 saturated carbocycles. The first-order valence-electron chi connectivity index (χ1n) is 5.06. The van der Waals surface area contributed by atoms with Gasteiger partial charge in [-0.3, -0.25) is 0 Å². The molecule has 0 aromatic carbocycles. The molecule has 0 unspecified atom stereocenters. The first kappa shape index (κ1) is 11.6. The third kappa shape index (κ3) is 2.49. The lowest BCUT2D eigenvalue weighted by molar-refractivity contribution is 0.142. The summed E-state index contributed by atoms with van der Waals surface area (Å²) in [4.78, 5) is 14.6. The fourth-order valence-electron chi connectivity index (χ4n) is 1.54. The van der Waals surface area contributed by atoms with E-state index in [9.17, 15) is 4.79 Å². The van der Waals surface area contributed by atoms with Crippen LogP contribution in [-0.4, -0.2) is 20.8 Å². The second kappa shape index (κ2) is 4.82. The Morgan fingerprint density at radius 2 is 2.20 bits per heavy atom. The number of hydrogen-bond acceptors (Lipinski definition) is 3. The maximum atomic E-state index is 10.4. The molecule has 1 aromatic heterocycles. The number of hydrogen-bond donors (Lipinski definition) is 1. The van der Waals surface area contributed by atoms with E-state index in [0.29, 0.717) is 0 Å². The molecule has 1 heterocycles. The van der Waals surface area contributed by atoms with Crippen LogP contribution in [0.2, 0.25) is 0 Å². The van der Waals surface area contributed by atoms with Crippen molar-refractivity contribution >= 4 is 6.16 Å². The van der Waals surface area contributed by atoms with Crippen molar-refractivity contribution in [3.63, 3.8) is 0 Å². The summed E-state index contributed by atoms with van der Waals surface area (Å²) >= 11 is 0. The lowest BCUT2D eigenvalue weighted by Crippen LogP contribution is -2.06. The molecule has 0 fully saturated rings. The first-order valence-corrected chi connectivity index (χ1v) is 5.06. The van der Waals surface area contributed by atoms with Crippen LogP contribution in [0.1, 0.15) is 31.8 Å². The Hall–Kier alpha value is -1.52. The van der Waals surface area contributed by atoms with Crippen molar-refractivity contribution in [2.24, 2.45) is 0 Å². The van der Waals surface area contributed by atoms with Crippen LogP contribution < -0.4 is 4.74 Å². The minimum atomic E-state index is -1.32. The molecule has 84 valence electrons. The zero-order valence-electron chi connectivity index (χ0n) is 9.28. The van der Waals surface area contributed by atoms with Crippen molar-refractivity contribution < 1.29 is 14.6 Å². The summed E-state index contributed by atoms with van der Waals surface area (Å²) in [6, 6.07) is 0. The fraction of sp³-hybridized carbons (Fsp3) is 0.600.